The maximum atomic E-state index is 4.72. The molecular formula is C46H34N2. The number of rotatable bonds is 4. The van der Waals surface area contributed by atoms with Crippen LogP contribution in [0.2, 0.25) is 0 Å². The van der Waals surface area contributed by atoms with Crippen LogP contribution in [0.15, 0.2) is 152 Å². The zero-order valence-corrected chi connectivity index (χ0v) is 27.3. The molecule has 0 atom stereocenters. The Labute approximate surface area is 280 Å². The van der Waals surface area contributed by atoms with Crippen molar-refractivity contribution in [1.82, 2.24) is 9.97 Å². The van der Waals surface area contributed by atoms with Crippen molar-refractivity contribution in [3.8, 4) is 44.8 Å². The van der Waals surface area contributed by atoms with E-state index in [4.69, 9.17) is 4.98 Å². The van der Waals surface area contributed by atoms with Crippen LogP contribution in [0.3, 0.4) is 0 Å². The van der Waals surface area contributed by atoms with Gasteiger partial charge in [-0.3, -0.25) is 9.97 Å². The molecule has 7 aromatic carbocycles. The third-order valence-corrected chi connectivity index (χ3v) is 9.86. The molecule has 0 aliphatic carbocycles. The Morgan fingerprint density at radius 2 is 1.02 bits per heavy atom. The van der Waals surface area contributed by atoms with Crippen LogP contribution in [-0.4, -0.2) is 9.97 Å². The first-order valence-corrected chi connectivity index (χ1v) is 16.6. The topological polar surface area (TPSA) is 25.8 Å². The van der Waals surface area contributed by atoms with E-state index in [1.54, 1.807) is 6.20 Å². The van der Waals surface area contributed by atoms with Gasteiger partial charge in [0.2, 0.25) is 0 Å². The summed E-state index contributed by atoms with van der Waals surface area (Å²) in [5.41, 5.74) is 10.4. The Kier molecular flexibility index (Phi) is 6.42. The van der Waals surface area contributed by atoms with E-state index < -0.39 is 0 Å². The van der Waals surface area contributed by atoms with Gasteiger partial charge in [0.05, 0.1) is 11.4 Å². The smallest absolute Gasteiger partial charge is 0.0886 e. The summed E-state index contributed by atoms with van der Waals surface area (Å²) in [7, 11) is 0. The van der Waals surface area contributed by atoms with Gasteiger partial charge >= 0.3 is 0 Å². The van der Waals surface area contributed by atoms with Gasteiger partial charge < -0.3 is 0 Å². The number of hydrogen-bond acceptors (Lipinski definition) is 2. The third-order valence-electron chi connectivity index (χ3n) is 9.86. The summed E-state index contributed by atoms with van der Waals surface area (Å²) in [5.74, 6) is 0. The Bertz CT molecular complexity index is 2590. The molecule has 2 nitrogen and oxygen atoms in total. The van der Waals surface area contributed by atoms with Gasteiger partial charge in [0.1, 0.15) is 0 Å². The molecule has 0 fully saturated rings. The Hall–Kier alpha value is -5.86. The predicted molar refractivity (Wildman–Crippen MR) is 204 cm³/mol. The van der Waals surface area contributed by atoms with E-state index in [0.29, 0.717) is 0 Å². The van der Waals surface area contributed by atoms with E-state index in [9.17, 15) is 0 Å². The highest BCUT2D eigenvalue weighted by Crippen LogP contribution is 2.45. The second-order valence-corrected chi connectivity index (χ2v) is 13.9. The summed E-state index contributed by atoms with van der Waals surface area (Å²) in [6.45, 7) is 6.89. The first-order valence-electron chi connectivity index (χ1n) is 16.6. The fraction of sp³-hybridized carbons (Fsp3) is 0.0870. The molecule has 0 unspecified atom stereocenters. The second-order valence-electron chi connectivity index (χ2n) is 13.9. The highest BCUT2D eigenvalue weighted by molar-refractivity contribution is 6.28. The third kappa shape index (κ3) is 4.72. The lowest BCUT2D eigenvalue weighted by Crippen LogP contribution is -2.10. The lowest BCUT2D eigenvalue weighted by molar-refractivity contribution is 0.591. The number of pyridine rings is 2. The molecule has 2 aromatic heterocycles. The fourth-order valence-electron chi connectivity index (χ4n) is 7.26. The van der Waals surface area contributed by atoms with Gasteiger partial charge in [-0.1, -0.05) is 130 Å². The molecule has 0 saturated heterocycles. The average molecular weight is 615 g/mol. The van der Waals surface area contributed by atoms with Crippen LogP contribution in [0, 0.1) is 0 Å². The first kappa shape index (κ1) is 28.4. The predicted octanol–water partition coefficient (Wildman–Crippen LogP) is 12.5. The van der Waals surface area contributed by atoms with Crippen molar-refractivity contribution in [2.75, 3.05) is 0 Å². The molecule has 2 heterocycles. The minimum absolute atomic E-state index is 0.0713. The number of hydrogen-bond donors (Lipinski definition) is 0. The minimum atomic E-state index is 0.0713. The van der Waals surface area contributed by atoms with Crippen molar-refractivity contribution < 1.29 is 0 Å². The van der Waals surface area contributed by atoms with Crippen LogP contribution in [0.1, 0.15) is 26.3 Å². The average Bonchev–Trinajstić information content (AvgIpc) is 3.13. The molecule has 0 aliphatic rings. The van der Waals surface area contributed by atoms with E-state index in [-0.39, 0.29) is 5.41 Å². The summed E-state index contributed by atoms with van der Waals surface area (Å²) < 4.78 is 0. The summed E-state index contributed by atoms with van der Waals surface area (Å²) in [5, 5.41) is 10.4. The van der Waals surface area contributed by atoms with E-state index in [2.05, 4.69) is 141 Å². The Morgan fingerprint density at radius 1 is 0.417 bits per heavy atom. The Morgan fingerprint density at radius 3 is 1.69 bits per heavy atom. The summed E-state index contributed by atoms with van der Waals surface area (Å²) in [4.78, 5) is 9.17. The van der Waals surface area contributed by atoms with Crippen LogP contribution in [-0.2, 0) is 5.41 Å². The maximum absolute atomic E-state index is 4.72. The van der Waals surface area contributed by atoms with E-state index in [1.165, 1.54) is 70.9 Å². The molecule has 0 radical (unpaired) electrons. The molecule has 0 aliphatic heterocycles. The highest BCUT2D eigenvalue weighted by atomic mass is 14.8. The lowest BCUT2D eigenvalue weighted by Gasteiger charge is -2.23. The summed E-state index contributed by atoms with van der Waals surface area (Å²) in [6, 6.07) is 51.1. The maximum Gasteiger partial charge on any atom is 0.0886 e. The van der Waals surface area contributed by atoms with Gasteiger partial charge in [-0.25, -0.2) is 0 Å². The SMILES string of the molecule is CC(C)(C)c1cc2ccc3c(-c4ccc(-c5ccc(-c6ccccn6)nc5)cc4)cc(-c4ccc5ccccc5c4)c4ccc(c1)c2c34. The van der Waals surface area contributed by atoms with Crippen LogP contribution in [0.4, 0.5) is 0 Å². The molecule has 0 amide bonds. The first-order chi connectivity index (χ1) is 23.4. The zero-order valence-electron chi connectivity index (χ0n) is 27.3. The molecule has 228 valence electrons. The zero-order chi connectivity index (χ0) is 32.4. The lowest BCUT2D eigenvalue weighted by atomic mass is 9.81. The van der Waals surface area contributed by atoms with E-state index in [0.717, 1.165) is 22.5 Å². The quantitative estimate of drug-likeness (QED) is 0.184. The van der Waals surface area contributed by atoms with Gasteiger partial charge in [-0.2, -0.15) is 0 Å². The van der Waals surface area contributed by atoms with Gasteiger partial charge in [0, 0.05) is 18.0 Å². The van der Waals surface area contributed by atoms with Gasteiger partial charge in [0.15, 0.2) is 0 Å². The summed E-state index contributed by atoms with van der Waals surface area (Å²) in [6.07, 6.45) is 3.75. The van der Waals surface area contributed by atoms with Crippen LogP contribution in [0.5, 0.6) is 0 Å². The largest absolute Gasteiger partial charge is 0.255 e. The molecule has 9 rings (SSSR count). The second kappa shape index (κ2) is 10.9. The molecule has 0 bridgehead atoms. The van der Waals surface area contributed by atoms with Crippen molar-refractivity contribution in [2.45, 2.75) is 26.2 Å². The van der Waals surface area contributed by atoms with Crippen molar-refractivity contribution in [3.05, 3.63) is 157 Å². The van der Waals surface area contributed by atoms with Crippen molar-refractivity contribution in [3.63, 3.8) is 0 Å². The van der Waals surface area contributed by atoms with Crippen molar-refractivity contribution in [2.24, 2.45) is 0 Å². The Balaban J connectivity index is 1.23. The standard InChI is InChI=1S/C46H34N2/c1-46(2,3)37-25-34-17-20-38-40(31-14-11-30(12-15-31)36-19-22-43(48-28-36)42-10-6-7-23-47-42)27-41(39-21-18-35(26-37)44(34)45(38)39)33-16-13-29-8-4-5-9-32(29)24-33/h4-28H,1-3H3. The number of nitrogens with zero attached hydrogens (tertiary/aromatic N) is 2. The number of fused-ring (bicyclic) bond motifs is 1. The van der Waals surface area contributed by atoms with Crippen molar-refractivity contribution >= 4 is 43.1 Å². The van der Waals surface area contributed by atoms with E-state index >= 15 is 0 Å². The summed E-state index contributed by atoms with van der Waals surface area (Å²) >= 11 is 0. The molecule has 9 aromatic rings. The fourth-order valence-corrected chi connectivity index (χ4v) is 7.26. The molecule has 0 spiro atoms. The van der Waals surface area contributed by atoms with Crippen LogP contribution < -0.4 is 0 Å². The van der Waals surface area contributed by atoms with Gasteiger partial charge in [-0.05, 0) is 112 Å². The normalized spacial score (nSPS) is 12.1. The van der Waals surface area contributed by atoms with Crippen molar-refractivity contribution in [1.29, 1.82) is 0 Å². The monoisotopic (exact) mass is 614 g/mol. The number of aromatic nitrogens is 2. The van der Waals surface area contributed by atoms with Crippen LogP contribution >= 0.6 is 0 Å². The minimum Gasteiger partial charge on any atom is -0.255 e. The van der Waals surface area contributed by atoms with Crippen LogP contribution in [0.25, 0.3) is 87.9 Å². The number of benzene rings is 7. The van der Waals surface area contributed by atoms with Gasteiger partial charge in [0.25, 0.3) is 0 Å². The molecule has 0 saturated carbocycles. The molecule has 0 N–H and O–H groups in total. The molecule has 48 heavy (non-hydrogen) atoms. The van der Waals surface area contributed by atoms with Gasteiger partial charge in [-0.15, -0.1) is 0 Å². The highest BCUT2D eigenvalue weighted by Gasteiger charge is 2.20. The van der Waals surface area contributed by atoms with E-state index in [1.807, 2.05) is 30.5 Å². The molecular weight excluding hydrogens is 581 g/mol. The molecule has 2 heteroatoms.